The van der Waals surface area contributed by atoms with Crippen molar-refractivity contribution < 1.29 is 43.2 Å². The van der Waals surface area contributed by atoms with Gasteiger partial charge in [0.15, 0.2) is 5.25 Å². The molecule has 2 unspecified atom stereocenters. The Bertz CT molecular complexity index is 484. The van der Waals surface area contributed by atoms with Crippen molar-refractivity contribution in [2.75, 3.05) is 18.1 Å². The van der Waals surface area contributed by atoms with E-state index in [1.807, 2.05) is 0 Å². The number of aliphatic hydroxyl groups excluding tert-OH is 4. The normalized spacial score (nSPS) is 46.3. The van der Waals surface area contributed by atoms with Gasteiger partial charge >= 0.3 is 10.1 Å². The van der Waals surface area contributed by atoms with Crippen LogP contribution in [0.3, 0.4) is 0 Å². The van der Waals surface area contributed by atoms with Crippen molar-refractivity contribution in [3.8, 4) is 0 Å². The molecule has 11 heteroatoms. The molecule has 0 spiro atoms. The third-order valence-corrected chi connectivity index (χ3v) is 8.42. The number of rotatable bonds is 5. The molecule has 0 aliphatic carbocycles. The molecule has 130 valence electrons. The van der Waals surface area contributed by atoms with Gasteiger partial charge in [-0.15, -0.1) is 4.33 Å². The summed E-state index contributed by atoms with van der Waals surface area (Å²) in [6.45, 7) is 1.15. The van der Waals surface area contributed by atoms with Crippen LogP contribution in [0, 0.1) is 0 Å². The molecular formula is C11H21O9S2+. The Balaban J connectivity index is 2.17. The summed E-state index contributed by atoms with van der Waals surface area (Å²) in [5.74, 6) is 0.331. The van der Waals surface area contributed by atoms with E-state index in [9.17, 15) is 28.8 Å². The van der Waals surface area contributed by atoms with Crippen molar-refractivity contribution in [2.24, 2.45) is 0 Å². The van der Waals surface area contributed by atoms with Gasteiger partial charge in [0, 0.05) is 10.9 Å². The molecule has 0 aromatic rings. The second kappa shape index (κ2) is 6.87. The van der Waals surface area contributed by atoms with Gasteiger partial charge in [0.1, 0.15) is 41.2 Å². The molecular weight excluding hydrogens is 340 g/mol. The molecule has 2 fully saturated rings. The fraction of sp³-hybridized carbons (Fsp3) is 1.00. The van der Waals surface area contributed by atoms with E-state index in [1.54, 1.807) is 0 Å². The van der Waals surface area contributed by atoms with Gasteiger partial charge in [-0.05, 0) is 6.92 Å². The molecule has 5 N–H and O–H groups in total. The highest BCUT2D eigenvalue weighted by atomic mass is 32.2. The van der Waals surface area contributed by atoms with E-state index in [1.165, 1.54) is 6.92 Å². The average Bonchev–Trinajstić information content (AvgIpc) is 2.88. The fourth-order valence-electron chi connectivity index (χ4n) is 2.96. The second-order valence-corrected chi connectivity index (χ2v) is 9.58. The lowest BCUT2D eigenvalue weighted by molar-refractivity contribution is -0.132. The fourth-order valence-corrected chi connectivity index (χ4v) is 7.04. The van der Waals surface area contributed by atoms with Crippen molar-refractivity contribution in [1.29, 1.82) is 0 Å². The van der Waals surface area contributed by atoms with Gasteiger partial charge in [-0.3, -0.25) is 0 Å². The Morgan fingerprint density at radius 1 is 1.27 bits per heavy atom. The van der Waals surface area contributed by atoms with Crippen molar-refractivity contribution in [1.82, 2.24) is 0 Å². The molecule has 22 heavy (non-hydrogen) atoms. The molecule has 2 rings (SSSR count). The van der Waals surface area contributed by atoms with E-state index in [2.05, 4.69) is 4.33 Å². The molecule has 2 heterocycles. The van der Waals surface area contributed by atoms with Gasteiger partial charge in [0.2, 0.25) is 0 Å². The van der Waals surface area contributed by atoms with Crippen LogP contribution in [-0.4, -0.2) is 93.2 Å². The standard InChI is InChI=1S/C11H20O9S2/c1-5-9(14)11(22(17,18)20-16)7(19-5)4-21-3-6(13)10(15)8(21)2-12/h5-15H,2-4H2,1H3/p+1/t5?,6-,7-,8-,9+,10+,11+,21?/m1/s1. The van der Waals surface area contributed by atoms with Crippen LogP contribution in [0.25, 0.3) is 0 Å². The first-order valence-corrected chi connectivity index (χ1v) is 9.86. The quantitative estimate of drug-likeness (QED) is 0.196. The first-order valence-electron chi connectivity index (χ1n) is 6.76. The SMILES string of the molecule is CC1O[C@H](C[S+]2C[C@@H](O)[C@H](O)[C@H]2CO)[C@H](S(=O)(=O)OO)[C@H]1O. The third kappa shape index (κ3) is 3.28. The summed E-state index contributed by atoms with van der Waals surface area (Å²) >= 11 is 0. The smallest absolute Gasteiger partial charge is 0.301 e. The molecule has 9 nitrogen and oxygen atoms in total. The Kier molecular flexibility index (Phi) is 5.73. The maximum Gasteiger partial charge on any atom is 0.301 e. The van der Waals surface area contributed by atoms with Crippen LogP contribution in [-0.2, 0) is 30.1 Å². The van der Waals surface area contributed by atoms with Crippen LogP contribution in [0.5, 0.6) is 0 Å². The summed E-state index contributed by atoms with van der Waals surface area (Å²) in [6, 6.07) is 0. The first kappa shape index (κ1) is 18.4. The van der Waals surface area contributed by atoms with E-state index in [4.69, 9.17) is 9.99 Å². The monoisotopic (exact) mass is 361 g/mol. The highest BCUT2D eigenvalue weighted by Crippen LogP contribution is 2.32. The minimum absolute atomic E-state index is 0.119. The summed E-state index contributed by atoms with van der Waals surface area (Å²) < 4.78 is 32.5. The number of ether oxygens (including phenoxy) is 1. The van der Waals surface area contributed by atoms with Gasteiger partial charge < -0.3 is 25.2 Å². The minimum atomic E-state index is -4.42. The molecule has 2 aliphatic heterocycles. The van der Waals surface area contributed by atoms with E-state index < -0.39 is 62.0 Å². The van der Waals surface area contributed by atoms with Crippen LogP contribution in [0.4, 0.5) is 0 Å². The molecule has 8 atom stereocenters. The lowest BCUT2D eigenvalue weighted by atomic mass is 10.1. The number of hydrogen-bond donors (Lipinski definition) is 5. The van der Waals surface area contributed by atoms with Crippen LogP contribution < -0.4 is 0 Å². The largest absolute Gasteiger partial charge is 0.391 e. The molecule has 0 amide bonds. The molecule has 0 radical (unpaired) electrons. The predicted molar refractivity (Wildman–Crippen MR) is 76.7 cm³/mol. The molecule has 0 aromatic carbocycles. The summed E-state index contributed by atoms with van der Waals surface area (Å²) in [5, 5.41) is 45.3. The summed E-state index contributed by atoms with van der Waals surface area (Å²) in [5.41, 5.74) is 0. The number of hydrogen-bond acceptors (Lipinski definition) is 9. The third-order valence-electron chi connectivity index (χ3n) is 4.16. The van der Waals surface area contributed by atoms with Crippen molar-refractivity contribution in [3.05, 3.63) is 0 Å². The average molecular weight is 361 g/mol. The molecule has 0 saturated carbocycles. The lowest BCUT2D eigenvalue weighted by Gasteiger charge is -2.19. The van der Waals surface area contributed by atoms with Crippen LogP contribution in [0.1, 0.15) is 6.92 Å². The molecule has 0 bridgehead atoms. The van der Waals surface area contributed by atoms with Gasteiger partial charge in [-0.2, -0.15) is 8.42 Å². The maximum absolute atomic E-state index is 11.8. The zero-order chi connectivity index (χ0) is 16.7. The molecule has 2 aliphatic rings. The van der Waals surface area contributed by atoms with E-state index in [-0.39, 0.29) is 18.1 Å². The first-order chi connectivity index (χ1) is 10.2. The highest BCUT2D eigenvalue weighted by molar-refractivity contribution is 7.98. The van der Waals surface area contributed by atoms with Crippen molar-refractivity contribution in [2.45, 2.75) is 47.9 Å². The highest BCUT2D eigenvalue weighted by Gasteiger charge is 2.56. The Labute approximate surface area is 130 Å². The van der Waals surface area contributed by atoms with E-state index >= 15 is 0 Å². The van der Waals surface area contributed by atoms with Crippen LogP contribution in [0.2, 0.25) is 0 Å². The maximum atomic E-state index is 11.8. The zero-order valence-corrected chi connectivity index (χ0v) is 13.5. The van der Waals surface area contributed by atoms with E-state index in [0.29, 0.717) is 0 Å². The minimum Gasteiger partial charge on any atom is -0.391 e. The summed E-state index contributed by atoms with van der Waals surface area (Å²) in [7, 11) is -5.11. The Morgan fingerprint density at radius 2 is 1.91 bits per heavy atom. The van der Waals surface area contributed by atoms with Crippen molar-refractivity contribution in [3.63, 3.8) is 0 Å². The van der Waals surface area contributed by atoms with Crippen LogP contribution in [0.15, 0.2) is 0 Å². The second-order valence-electron chi connectivity index (χ2n) is 5.55. The molecule has 0 aromatic heterocycles. The lowest BCUT2D eigenvalue weighted by Crippen LogP contribution is -2.44. The zero-order valence-electron chi connectivity index (χ0n) is 11.8. The van der Waals surface area contributed by atoms with Gasteiger partial charge in [0.25, 0.3) is 0 Å². The van der Waals surface area contributed by atoms with Gasteiger partial charge in [-0.25, -0.2) is 5.26 Å². The van der Waals surface area contributed by atoms with Crippen molar-refractivity contribution >= 4 is 21.0 Å². The predicted octanol–water partition coefficient (Wildman–Crippen LogP) is -2.96. The van der Waals surface area contributed by atoms with Gasteiger partial charge in [-0.1, -0.05) is 0 Å². The topological polar surface area (TPSA) is 154 Å². The van der Waals surface area contributed by atoms with Crippen LogP contribution >= 0.6 is 0 Å². The number of aliphatic hydroxyl groups is 4. The molecule has 2 saturated heterocycles. The summed E-state index contributed by atoms with van der Waals surface area (Å²) in [6.07, 6.45) is -5.17. The Morgan fingerprint density at radius 3 is 2.45 bits per heavy atom. The van der Waals surface area contributed by atoms with Gasteiger partial charge in [0.05, 0.1) is 12.7 Å². The Hall–Kier alpha value is 0.0200. The summed E-state index contributed by atoms with van der Waals surface area (Å²) in [4.78, 5) is 0. The van der Waals surface area contributed by atoms with E-state index in [0.717, 1.165) is 0 Å².